The van der Waals surface area contributed by atoms with Gasteiger partial charge in [-0.25, -0.2) is 13.4 Å². The number of Topliss-reactive ketones (excluding diaryl/α,β-unsaturated/α-hetero) is 1. The average molecular weight is 670 g/mol. The van der Waals surface area contributed by atoms with E-state index in [4.69, 9.17) is 14.2 Å². The standard InChI is InChI=1S/C34H43N3O8S.CH4/c1-4-44-31-18-30(25-13-10-22(43-3)17-28(25)35-31)45-23-15-26-27(16-23)32(39)37(2)14-8-6-5-7-9-21-19-34(21,20-29(26)38)33(40)36-46(41,42)24-11-12-24;/h7,9-10,13,17-18,21,23-24,26-27H,4-6,8,11-12,14-16,19-20H2,1-3H3,(H,36,40);1H4/b9-7-;/t21-,23-,26-,27-,34-;/m1./s1. The summed E-state index contributed by atoms with van der Waals surface area (Å²) < 4.78 is 45.4. The molecule has 2 heterocycles. The summed E-state index contributed by atoms with van der Waals surface area (Å²) >= 11 is 0. The van der Waals surface area contributed by atoms with E-state index < -0.39 is 44.5 Å². The van der Waals surface area contributed by atoms with E-state index in [1.807, 2.05) is 31.2 Å². The van der Waals surface area contributed by atoms with Gasteiger partial charge >= 0.3 is 0 Å². The molecular weight excluding hydrogens is 622 g/mol. The molecule has 0 bridgehead atoms. The van der Waals surface area contributed by atoms with Gasteiger partial charge in [0.25, 0.3) is 0 Å². The second-order valence-electron chi connectivity index (χ2n) is 13.2. The van der Waals surface area contributed by atoms with E-state index in [1.54, 1.807) is 31.2 Å². The summed E-state index contributed by atoms with van der Waals surface area (Å²) in [5.41, 5.74) is -0.504. The molecule has 3 fully saturated rings. The number of allylic oxidation sites excluding steroid dienone is 2. The van der Waals surface area contributed by atoms with E-state index in [9.17, 15) is 22.8 Å². The number of nitrogens with zero attached hydrogens (tertiary/aromatic N) is 2. The zero-order valence-corrected chi connectivity index (χ0v) is 27.5. The van der Waals surface area contributed by atoms with Crippen molar-refractivity contribution < 1.29 is 37.0 Å². The van der Waals surface area contributed by atoms with Crippen LogP contribution in [0.5, 0.6) is 17.4 Å². The van der Waals surface area contributed by atoms with Crippen LogP contribution in [0.1, 0.15) is 72.1 Å². The van der Waals surface area contributed by atoms with E-state index in [2.05, 4.69) is 9.71 Å². The summed E-state index contributed by atoms with van der Waals surface area (Å²) in [7, 11) is -0.419. The van der Waals surface area contributed by atoms with Gasteiger partial charge in [-0.05, 0) is 76.3 Å². The molecule has 1 aromatic carbocycles. The molecule has 2 aromatic rings. The Kier molecular flexibility index (Phi) is 10.2. The van der Waals surface area contributed by atoms with E-state index in [1.165, 1.54) is 0 Å². The normalized spacial score (nSPS) is 28.7. The van der Waals surface area contributed by atoms with Crippen molar-refractivity contribution in [3.8, 4) is 17.4 Å². The number of carbonyl (C=O) groups excluding carboxylic acids is 3. The first-order valence-electron chi connectivity index (χ1n) is 16.3. The van der Waals surface area contributed by atoms with Gasteiger partial charge in [0.1, 0.15) is 23.4 Å². The lowest BCUT2D eigenvalue weighted by molar-refractivity contribution is -0.140. The average Bonchev–Trinajstić information content (AvgIpc) is 3.95. The number of hydrogen-bond acceptors (Lipinski definition) is 9. The summed E-state index contributed by atoms with van der Waals surface area (Å²) in [4.78, 5) is 47.9. The molecule has 0 unspecified atom stereocenters. The van der Waals surface area contributed by atoms with Crippen molar-refractivity contribution in [3.63, 3.8) is 0 Å². The molecule has 6 rings (SSSR count). The van der Waals surface area contributed by atoms with Crippen molar-refractivity contribution in [1.82, 2.24) is 14.6 Å². The van der Waals surface area contributed by atoms with Crippen LogP contribution in [0.2, 0.25) is 0 Å². The highest BCUT2D eigenvalue weighted by Gasteiger charge is 2.61. The fourth-order valence-corrected chi connectivity index (χ4v) is 8.41. The zero-order chi connectivity index (χ0) is 32.6. The van der Waals surface area contributed by atoms with Crippen LogP contribution in [-0.4, -0.2) is 74.6 Å². The Morgan fingerprint density at radius 3 is 2.62 bits per heavy atom. The van der Waals surface area contributed by atoms with Gasteiger partial charge in [0, 0.05) is 43.5 Å². The quantitative estimate of drug-likeness (QED) is 0.392. The highest BCUT2D eigenvalue weighted by atomic mass is 32.2. The molecule has 47 heavy (non-hydrogen) atoms. The molecule has 256 valence electrons. The van der Waals surface area contributed by atoms with Gasteiger partial charge in [0.15, 0.2) is 0 Å². The fourth-order valence-electron chi connectivity index (χ4n) is 7.03. The molecule has 12 heteroatoms. The van der Waals surface area contributed by atoms with Gasteiger partial charge in [-0.1, -0.05) is 19.6 Å². The molecule has 1 N–H and O–H groups in total. The van der Waals surface area contributed by atoms with Crippen LogP contribution in [0.4, 0.5) is 0 Å². The first kappa shape index (κ1) is 34.7. The molecule has 1 aromatic heterocycles. The number of pyridine rings is 1. The number of amides is 2. The summed E-state index contributed by atoms with van der Waals surface area (Å²) in [5.74, 6) is -0.872. The Labute approximate surface area is 277 Å². The van der Waals surface area contributed by atoms with E-state index >= 15 is 0 Å². The van der Waals surface area contributed by atoms with Crippen molar-refractivity contribution in [2.24, 2.45) is 23.2 Å². The fraction of sp³-hybridized carbons (Fsp3) is 0.600. The van der Waals surface area contributed by atoms with Crippen LogP contribution in [0.25, 0.3) is 10.9 Å². The number of hydrogen-bond donors (Lipinski definition) is 1. The van der Waals surface area contributed by atoms with Crippen molar-refractivity contribution in [2.45, 2.75) is 83.5 Å². The highest BCUT2D eigenvalue weighted by Crippen LogP contribution is 2.58. The van der Waals surface area contributed by atoms with Gasteiger partial charge in [0.2, 0.25) is 27.7 Å². The molecule has 3 saturated carbocycles. The molecule has 0 spiro atoms. The molecular formula is C35H47N3O8S. The summed E-state index contributed by atoms with van der Waals surface area (Å²) in [6.07, 6.45) is 7.96. The SMILES string of the molecule is C.CCOc1cc(O[C@@H]2C[C@H]3C(=O)C[C@]4(C(=O)NS(=O)(=O)C5CC5)C[C@H]4/C=C\CCCCN(C)C(=O)[C@@H]3C2)c2ccc(OC)cc2n1. The monoisotopic (exact) mass is 669 g/mol. The number of benzene rings is 1. The molecule has 4 aliphatic rings. The first-order chi connectivity index (χ1) is 22.0. The number of rotatable bonds is 8. The van der Waals surface area contributed by atoms with Crippen LogP contribution in [-0.2, 0) is 24.4 Å². The lowest BCUT2D eigenvalue weighted by atomic mass is 9.84. The predicted octanol–water partition coefficient (Wildman–Crippen LogP) is 4.82. The Morgan fingerprint density at radius 2 is 1.89 bits per heavy atom. The molecule has 2 amide bonds. The Bertz CT molecular complexity index is 1660. The van der Waals surface area contributed by atoms with Crippen LogP contribution in [0, 0.1) is 23.2 Å². The summed E-state index contributed by atoms with van der Waals surface area (Å²) in [6.45, 7) is 2.87. The van der Waals surface area contributed by atoms with Gasteiger partial charge in [-0.15, -0.1) is 0 Å². The maximum atomic E-state index is 14.2. The van der Waals surface area contributed by atoms with Crippen LogP contribution in [0.15, 0.2) is 36.4 Å². The highest BCUT2D eigenvalue weighted by molar-refractivity contribution is 7.90. The number of ketones is 1. The minimum atomic E-state index is -3.77. The summed E-state index contributed by atoms with van der Waals surface area (Å²) in [5, 5.41) is 0.200. The minimum absolute atomic E-state index is 0. The van der Waals surface area contributed by atoms with E-state index in [0.717, 1.165) is 24.6 Å². The molecule has 1 aliphatic heterocycles. The van der Waals surface area contributed by atoms with Gasteiger partial charge < -0.3 is 19.1 Å². The number of ether oxygens (including phenoxy) is 3. The van der Waals surface area contributed by atoms with Crippen molar-refractivity contribution in [2.75, 3.05) is 27.3 Å². The van der Waals surface area contributed by atoms with Gasteiger partial charge in [-0.2, -0.15) is 0 Å². The summed E-state index contributed by atoms with van der Waals surface area (Å²) in [6, 6.07) is 7.21. The van der Waals surface area contributed by atoms with Crippen LogP contribution in [0.3, 0.4) is 0 Å². The van der Waals surface area contributed by atoms with Gasteiger partial charge in [0.05, 0.1) is 35.8 Å². The van der Waals surface area contributed by atoms with Crippen molar-refractivity contribution in [1.29, 1.82) is 0 Å². The zero-order valence-electron chi connectivity index (χ0n) is 26.7. The maximum Gasteiger partial charge on any atom is 0.240 e. The second kappa shape index (κ2) is 13.8. The number of sulfonamides is 1. The van der Waals surface area contributed by atoms with Crippen molar-refractivity contribution >= 4 is 38.5 Å². The lowest BCUT2D eigenvalue weighted by Gasteiger charge is -2.26. The van der Waals surface area contributed by atoms with Crippen LogP contribution < -0.4 is 18.9 Å². The number of methoxy groups -OCH3 is 1. The maximum absolute atomic E-state index is 14.2. The van der Waals surface area contributed by atoms with Gasteiger partial charge in [-0.3, -0.25) is 19.1 Å². The third kappa shape index (κ3) is 7.27. The Balaban J connectivity index is 0.00000433. The smallest absolute Gasteiger partial charge is 0.240 e. The number of aromatic nitrogens is 1. The van der Waals surface area contributed by atoms with Crippen LogP contribution >= 0.6 is 0 Å². The Morgan fingerprint density at radius 1 is 1.13 bits per heavy atom. The number of fused-ring (bicyclic) bond motifs is 3. The van der Waals surface area contributed by atoms with E-state index in [-0.39, 0.29) is 31.5 Å². The number of carbonyl (C=O) groups is 3. The lowest BCUT2D eigenvalue weighted by Crippen LogP contribution is -2.42. The van der Waals surface area contributed by atoms with E-state index in [0.29, 0.717) is 68.2 Å². The molecule has 0 saturated heterocycles. The molecule has 11 nitrogen and oxygen atoms in total. The largest absolute Gasteiger partial charge is 0.497 e. The molecule has 5 atom stereocenters. The third-order valence-corrected chi connectivity index (χ3v) is 11.7. The third-order valence-electron chi connectivity index (χ3n) is 9.92. The number of nitrogens with one attached hydrogen (secondary N) is 1. The molecule has 3 aliphatic carbocycles. The molecule has 0 radical (unpaired) electrons. The van der Waals surface area contributed by atoms with Crippen molar-refractivity contribution in [3.05, 3.63) is 36.4 Å². The minimum Gasteiger partial charge on any atom is -0.497 e. The first-order valence-corrected chi connectivity index (χ1v) is 17.9. The predicted molar refractivity (Wildman–Crippen MR) is 178 cm³/mol. The second-order valence-corrected chi connectivity index (χ2v) is 15.1. The Hall–Kier alpha value is -3.67. The topological polar surface area (TPSA) is 141 Å².